The van der Waals surface area contributed by atoms with Gasteiger partial charge in [-0.2, -0.15) is 0 Å². The summed E-state index contributed by atoms with van der Waals surface area (Å²) in [5.74, 6) is 2.51. The van der Waals surface area contributed by atoms with Crippen LogP contribution in [0.25, 0.3) is 0 Å². The second-order valence-electron chi connectivity index (χ2n) is 5.29. The summed E-state index contributed by atoms with van der Waals surface area (Å²) in [5.41, 5.74) is 1.33. The van der Waals surface area contributed by atoms with E-state index in [1.54, 1.807) is 14.2 Å². The van der Waals surface area contributed by atoms with Gasteiger partial charge in [-0.15, -0.1) is 0 Å². The van der Waals surface area contributed by atoms with E-state index >= 15 is 0 Å². The number of hydrogen-bond donors (Lipinski definition) is 1. The minimum Gasteiger partial charge on any atom is -0.493 e. The SMILES string of the molecule is COc1ccc(CCC[C@@H]2CCCNC2)cc1OC. The standard InChI is InChI=1S/C16H25NO2/c1-18-15-9-8-13(11-16(15)19-2)5-3-6-14-7-4-10-17-12-14/h8-9,11,14,17H,3-7,10,12H2,1-2H3/t14-/m1/s1. The largest absolute Gasteiger partial charge is 0.493 e. The average Bonchev–Trinajstić information content (AvgIpc) is 2.48. The second kappa shape index (κ2) is 7.39. The molecule has 0 aromatic heterocycles. The molecule has 1 aliphatic rings. The summed E-state index contributed by atoms with van der Waals surface area (Å²) in [7, 11) is 3.36. The second-order valence-corrected chi connectivity index (χ2v) is 5.29. The zero-order valence-corrected chi connectivity index (χ0v) is 12.1. The van der Waals surface area contributed by atoms with Crippen LogP contribution in [-0.4, -0.2) is 27.3 Å². The van der Waals surface area contributed by atoms with Crippen molar-refractivity contribution in [3.05, 3.63) is 23.8 Å². The Labute approximate surface area is 116 Å². The summed E-state index contributed by atoms with van der Waals surface area (Å²) >= 11 is 0. The summed E-state index contributed by atoms with van der Waals surface area (Å²) in [6, 6.07) is 6.23. The van der Waals surface area contributed by atoms with Crippen molar-refractivity contribution < 1.29 is 9.47 Å². The van der Waals surface area contributed by atoms with Crippen LogP contribution < -0.4 is 14.8 Å². The van der Waals surface area contributed by atoms with Crippen molar-refractivity contribution in [1.29, 1.82) is 0 Å². The predicted molar refractivity (Wildman–Crippen MR) is 78.1 cm³/mol. The lowest BCUT2D eigenvalue weighted by Gasteiger charge is -2.22. The van der Waals surface area contributed by atoms with Crippen molar-refractivity contribution in [2.45, 2.75) is 32.1 Å². The molecule has 0 radical (unpaired) electrons. The van der Waals surface area contributed by atoms with Gasteiger partial charge >= 0.3 is 0 Å². The first-order valence-corrected chi connectivity index (χ1v) is 7.25. The van der Waals surface area contributed by atoms with Crippen LogP contribution in [-0.2, 0) is 6.42 Å². The van der Waals surface area contributed by atoms with Crippen LogP contribution in [0.4, 0.5) is 0 Å². The van der Waals surface area contributed by atoms with E-state index in [1.165, 1.54) is 44.3 Å². The highest BCUT2D eigenvalue weighted by molar-refractivity contribution is 5.42. The maximum absolute atomic E-state index is 5.34. The van der Waals surface area contributed by atoms with Gasteiger partial charge in [0.15, 0.2) is 11.5 Å². The third kappa shape index (κ3) is 4.13. The van der Waals surface area contributed by atoms with E-state index in [2.05, 4.69) is 17.4 Å². The van der Waals surface area contributed by atoms with Crippen LogP contribution >= 0.6 is 0 Å². The van der Waals surface area contributed by atoms with Gasteiger partial charge in [0.1, 0.15) is 0 Å². The summed E-state index contributed by atoms with van der Waals surface area (Å²) < 4.78 is 10.6. The van der Waals surface area contributed by atoms with Crippen LogP contribution in [0.5, 0.6) is 11.5 Å². The van der Waals surface area contributed by atoms with E-state index in [9.17, 15) is 0 Å². The number of nitrogens with one attached hydrogen (secondary N) is 1. The molecule has 0 amide bonds. The van der Waals surface area contributed by atoms with Crippen LogP contribution in [0.1, 0.15) is 31.2 Å². The molecule has 0 bridgehead atoms. The lowest BCUT2D eigenvalue weighted by atomic mass is 9.93. The Morgan fingerprint density at radius 3 is 2.74 bits per heavy atom. The highest BCUT2D eigenvalue weighted by atomic mass is 16.5. The van der Waals surface area contributed by atoms with E-state index < -0.39 is 0 Å². The third-order valence-corrected chi connectivity index (χ3v) is 3.92. The van der Waals surface area contributed by atoms with Gasteiger partial charge < -0.3 is 14.8 Å². The first-order valence-electron chi connectivity index (χ1n) is 7.25. The fraction of sp³-hybridized carbons (Fsp3) is 0.625. The van der Waals surface area contributed by atoms with Crippen molar-refractivity contribution in [1.82, 2.24) is 5.32 Å². The molecule has 3 nitrogen and oxygen atoms in total. The molecule has 1 aliphatic heterocycles. The minimum atomic E-state index is 0.808. The molecule has 0 spiro atoms. The molecule has 1 aromatic rings. The van der Waals surface area contributed by atoms with Gasteiger partial charge in [-0.1, -0.05) is 6.07 Å². The Morgan fingerprint density at radius 1 is 1.21 bits per heavy atom. The smallest absolute Gasteiger partial charge is 0.160 e. The molecule has 1 atom stereocenters. The topological polar surface area (TPSA) is 30.5 Å². The monoisotopic (exact) mass is 263 g/mol. The maximum atomic E-state index is 5.34. The van der Waals surface area contributed by atoms with Crippen LogP contribution in [0.15, 0.2) is 18.2 Å². The molecule has 1 fully saturated rings. The number of rotatable bonds is 6. The van der Waals surface area contributed by atoms with E-state index in [0.29, 0.717) is 0 Å². The number of aryl methyl sites for hydroxylation is 1. The molecule has 0 unspecified atom stereocenters. The normalized spacial score (nSPS) is 19.2. The van der Waals surface area contributed by atoms with E-state index in [1.807, 2.05) is 6.07 Å². The predicted octanol–water partition coefficient (Wildman–Crippen LogP) is 3.03. The van der Waals surface area contributed by atoms with Gasteiger partial charge in [0.05, 0.1) is 14.2 Å². The molecule has 1 saturated heterocycles. The Balaban J connectivity index is 1.81. The summed E-state index contributed by atoms with van der Waals surface area (Å²) in [5, 5.41) is 3.48. The lowest BCUT2D eigenvalue weighted by molar-refractivity contribution is 0.349. The van der Waals surface area contributed by atoms with Crippen molar-refractivity contribution in [3.8, 4) is 11.5 Å². The highest BCUT2D eigenvalue weighted by Gasteiger charge is 2.12. The van der Waals surface area contributed by atoms with Gasteiger partial charge in [-0.3, -0.25) is 0 Å². The first-order chi connectivity index (χ1) is 9.33. The van der Waals surface area contributed by atoms with E-state index in [0.717, 1.165) is 23.8 Å². The van der Waals surface area contributed by atoms with Gasteiger partial charge in [0.2, 0.25) is 0 Å². The van der Waals surface area contributed by atoms with Crippen LogP contribution in [0, 0.1) is 5.92 Å². The summed E-state index contributed by atoms with van der Waals surface area (Å²) in [4.78, 5) is 0. The minimum absolute atomic E-state index is 0.808. The summed E-state index contributed by atoms with van der Waals surface area (Å²) in [6.07, 6.45) is 6.42. The van der Waals surface area contributed by atoms with Gasteiger partial charge in [-0.25, -0.2) is 0 Å². The van der Waals surface area contributed by atoms with Crippen molar-refractivity contribution in [3.63, 3.8) is 0 Å². The fourth-order valence-corrected chi connectivity index (χ4v) is 2.80. The molecular formula is C16H25NO2. The maximum Gasteiger partial charge on any atom is 0.160 e. The molecule has 2 rings (SSSR count). The van der Waals surface area contributed by atoms with E-state index in [4.69, 9.17) is 9.47 Å². The lowest BCUT2D eigenvalue weighted by Crippen LogP contribution is -2.29. The van der Waals surface area contributed by atoms with Crippen molar-refractivity contribution in [2.75, 3.05) is 27.3 Å². The van der Waals surface area contributed by atoms with Gasteiger partial charge in [0, 0.05) is 0 Å². The molecule has 0 saturated carbocycles. The molecule has 1 N–H and O–H groups in total. The number of benzene rings is 1. The zero-order valence-electron chi connectivity index (χ0n) is 12.1. The third-order valence-electron chi connectivity index (χ3n) is 3.92. The first kappa shape index (κ1) is 14.2. The number of piperidine rings is 1. The number of hydrogen-bond acceptors (Lipinski definition) is 3. The molecule has 106 valence electrons. The molecular weight excluding hydrogens is 238 g/mol. The number of methoxy groups -OCH3 is 2. The van der Waals surface area contributed by atoms with Crippen molar-refractivity contribution in [2.24, 2.45) is 5.92 Å². The Hall–Kier alpha value is -1.22. The molecule has 0 aliphatic carbocycles. The Morgan fingerprint density at radius 2 is 2.05 bits per heavy atom. The zero-order chi connectivity index (χ0) is 13.5. The molecule has 19 heavy (non-hydrogen) atoms. The van der Waals surface area contributed by atoms with Crippen molar-refractivity contribution >= 4 is 0 Å². The van der Waals surface area contributed by atoms with E-state index in [-0.39, 0.29) is 0 Å². The van der Waals surface area contributed by atoms with Gasteiger partial charge in [-0.05, 0) is 68.8 Å². The fourth-order valence-electron chi connectivity index (χ4n) is 2.80. The highest BCUT2D eigenvalue weighted by Crippen LogP contribution is 2.28. The molecule has 3 heteroatoms. The number of ether oxygens (including phenoxy) is 2. The Kier molecular flexibility index (Phi) is 5.52. The van der Waals surface area contributed by atoms with Crippen LogP contribution in [0.2, 0.25) is 0 Å². The molecule has 1 aromatic carbocycles. The average molecular weight is 263 g/mol. The van der Waals surface area contributed by atoms with Crippen LogP contribution in [0.3, 0.4) is 0 Å². The quantitative estimate of drug-likeness (QED) is 0.855. The van der Waals surface area contributed by atoms with Gasteiger partial charge in [0.25, 0.3) is 0 Å². The Bertz CT molecular complexity index is 386. The molecule has 1 heterocycles. The summed E-state index contributed by atoms with van der Waals surface area (Å²) in [6.45, 7) is 2.40.